The molecule has 0 unspecified atom stereocenters. The van der Waals surface area contributed by atoms with Gasteiger partial charge < -0.3 is 5.32 Å². The molecule has 0 fully saturated rings. The highest BCUT2D eigenvalue weighted by molar-refractivity contribution is 7.92. The minimum Gasteiger partial charge on any atom is -0.302 e. The van der Waals surface area contributed by atoms with Gasteiger partial charge in [-0.1, -0.05) is 66.7 Å². The van der Waals surface area contributed by atoms with Crippen LogP contribution in [0.15, 0.2) is 89.1 Å². The van der Waals surface area contributed by atoms with E-state index < -0.39 is 15.1 Å². The third-order valence-corrected chi connectivity index (χ3v) is 8.42. The minimum atomic E-state index is -3.32. The molecule has 0 aliphatic heterocycles. The first kappa shape index (κ1) is 23.9. The minimum absolute atomic E-state index is 0.144. The Bertz CT molecular complexity index is 1360. The summed E-state index contributed by atoms with van der Waals surface area (Å²) in [5.41, 5.74) is 5.05. The maximum Gasteiger partial charge on any atom is 0.230 e. The Morgan fingerprint density at radius 2 is 1.50 bits per heavy atom. The molecule has 4 rings (SSSR count). The van der Waals surface area contributed by atoms with Crippen LogP contribution in [0.3, 0.4) is 0 Å². The van der Waals surface area contributed by atoms with Crippen LogP contribution in [0, 0.1) is 0 Å². The summed E-state index contributed by atoms with van der Waals surface area (Å²) in [7, 11) is -3.32. The number of hydrogen-bond acceptors (Lipinski definition) is 5. The molecule has 0 aliphatic rings. The molecule has 1 amide bonds. The highest BCUT2D eigenvalue weighted by Gasteiger charge is 2.19. The fraction of sp³-hybridized carbons (Fsp3) is 0.185. The van der Waals surface area contributed by atoms with Gasteiger partial charge >= 0.3 is 0 Å². The molecule has 7 heteroatoms. The fourth-order valence-electron chi connectivity index (χ4n) is 3.51. The topological polar surface area (TPSA) is 76.1 Å². The van der Waals surface area contributed by atoms with Crippen LogP contribution in [-0.4, -0.2) is 24.6 Å². The van der Waals surface area contributed by atoms with Gasteiger partial charge in [-0.25, -0.2) is 13.4 Å². The van der Waals surface area contributed by atoms with Gasteiger partial charge in [0.1, 0.15) is 0 Å². The number of amides is 1. The van der Waals surface area contributed by atoms with Crippen molar-refractivity contribution in [2.24, 2.45) is 0 Å². The van der Waals surface area contributed by atoms with Gasteiger partial charge in [0.15, 0.2) is 15.0 Å². The first-order valence-electron chi connectivity index (χ1n) is 11.0. The molecule has 0 radical (unpaired) electrons. The molecule has 0 saturated heterocycles. The third kappa shape index (κ3) is 5.79. The molecule has 5 nitrogen and oxygen atoms in total. The average Bonchev–Trinajstić information content (AvgIpc) is 3.28. The van der Waals surface area contributed by atoms with E-state index in [1.807, 2.05) is 35.7 Å². The summed E-state index contributed by atoms with van der Waals surface area (Å²) in [5.74, 6) is -0.196. The first-order chi connectivity index (χ1) is 16.3. The zero-order chi connectivity index (χ0) is 24.1. The molecule has 0 saturated carbocycles. The van der Waals surface area contributed by atoms with Gasteiger partial charge in [-0.05, 0) is 49.1 Å². The number of thiazole rings is 1. The summed E-state index contributed by atoms with van der Waals surface area (Å²) >= 11 is 1.38. The number of carbonyl (C=O) groups excluding carboxylic acids is 1. The fourth-order valence-corrected chi connectivity index (χ4v) is 5.30. The van der Waals surface area contributed by atoms with E-state index in [9.17, 15) is 13.2 Å². The maximum absolute atomic E-state index is 12.5. The van der Waals surface area contributed by atoms with Crippen molar-refractivity contribution in [2.45, 2.75) is 36.8 Å². The molecule has 1 heterocycles. The highest BCUT2D eigenvalue weighted by Crippen LogP contribution is 2.26. The van der Waals surface area contributed by atoms with Gasteiger partial charge in [0.05, 0.1) is 22.3 Å². The summed E-state index contributed by atoms with van der Waals surface area (Å²) < 4.78 is 24.5. The van der Waals surface area contributed by atoms with Crippen LogP contribution in [0.4, 0.5) is 5.13 Å². The van der Waals surface area contributed by atoms with Gasteiger partial charge in [-0.2, -0.15) is 0 Å². The standard InChI is InChI=1S/C27H26N2O3S2/c1-19(2)34(31,32)24-14-10-22(11-15-24)17-26(30)29-27-28-25(18-33-27)23-12-8-21(9-13-23)16-20-6-4-3-5-7-20/h3-15,18-19H,16-17H2,1-2H3,(H,28,29,30). The van der Waals surface area contributed by atoms with E-state index in [-0.39, 0.29) is 17.2 Å². The van der Waals surface area contributed by atoms with Gasteiger partial charge in [0.2, 0.25) is 5.91 Å². The molecule has 34 heavy (non-hydrogen) atoms. The molecular formula is C27H26N2O3S2. The summed E-state index contributed by atoms with van der Waals surface area (Å²) in [5, 5.41) is 4.81. The van der Waals surface area contributed by atoms with Crippen LogP contribution in [0.5, 0.6) is 0 Å². The number of nitrogens with zero attached hydrogens (tertiary/aromatic N) is 1. The van der Waals surface area contributed by atoms with Gasteiger partial charge in [0, 0.05) is 10.9 Å². The molecule has 1 aromatic heterocycles. The van der Waals surface area contributed by atoms with Crippen molar-refractivity contribution in [2.75, 3.05) is 5.32 Å². The number of rotatable bonds is 8. The van der Waals surface area contributed by atoms with Crippen molar-refractivity contribution in [3.05, 3.63) is 101 Å². The van der Waals surface area contributed by atoms with Crippen LogP contribution in [0.1, 0.15) is 30.5 Å². The van der Waals surface area contributed by atoms with E-state index in [2.05, 4.69) is 34.6 Å². The van der Waals surface area contributed by atoms with Gasteiger partial charge in [-0.15, -0.1) is 11.3 Å². The predicted octanol–water partition coefficient (Wildman–Crippen LogP) is 5.76. The second-order valence-electron chi connectivity index (χ2n) is 8.36. The molecule has 1 N–H and O–H groups in total. The molecule has 0 spiro atoms. The Kier molecular flexibility index (Phi) is 7.24. The van der Waals surface area contributed by atoms with Crippen LogP contribution in [0.25, 0.3) is 11.3 Å². The number of sulfone groups is 1. The quantitative estimate of drug-likeness (QED) is 0.340. The number of carbonyl (C=O) groups is 1. The summed E-state index contributed by atoms with van der Waals surface area (Å²) in [6, 6.07) is 25.1. The Balaban J connectivity index is 1.36. The van der Waals surface area contributed by atoms with Crippen LogP contribution in [0.2, 0.25) is 0 Å². The summed E-state index contributed by atoms with van der Waals surface area (Å²) in [6.07, 6.45) is 1.02. The number of nitrogens with one attached hydrogen (secondary N) is 1. The molecule has 0 aliphatic carbocycles. The van der Waals surface area contributed by atoms with Crippen LogP contribution in [-0.2, 0) is 27.5 Å². The van der Waals surface area contributed by atoms with Crippen molar-refractivity contribution in [1.82, 2.24) is 4.98 Å². The van der Waals surface area contributed by atoms with E-state index in [0.29, 0.717) is 5.13 Å². The lowest BCUT2D eigenvalue weighted by molar-refractivity contribution is -0.115. The molecule has 0 bridgehead atoms. The number of aromatic nitrogens is 1. The monoisotopic (exact) mass is 490 g/mol. The SMILES string of the molecule is CC(C)S(=O)(=O)c1ccc(CC(=O)Nc2nc(-c3ccc(Cc4ccccc4)cc3)cs2)cc1. The van der Waals surface area contributed by atoms with E-state index >= 15 is 0 Å². The smallest absolute Gasteiger partial charge is 0.230 e. The zero-order valence-corrected chi connectivity index (χ0v) is 20.7. The lowest BCUT2D eigenvalue weighted by atomic mass is 10.0. The largest absolute Gasteiger partial charge is 0.302 e. The van der Waals surface area contributed by atoms with E-state index in [0.717, 1.165) is 23.2 Å². The highest BCUT2D eigenvalue weighted by atomic mass is 32.2. The van der Waals surface area contributed by atoms with Crippen LogP contribution >= 0.6 is 11.3 Å². The predicted molar refractivity (Wildman–Crippen MR) is 138 cm³/mol. The van der Waals surface area contributed by atoms with E-state index in [1.165, 1.54) is 22.5 Å². The Hall–Kier alpha value is -3.29. The number of hydrogen-bond donors (Lipinski definition) is 1. The normalized spacial score (nSPS) is 11.5. The van der Waals surface area contributed by atoms with Crippen molar-refractivity contribution >= 4 is 32.2 Å². The van der Waals surface area contributed by atoms with E-state index in [1.54, 1.807) is 38.1 Å². The second-order valence-corrected chi connectivity index (χ2v) is 11.7. The molecular weight excluding hydrogens is 464 g/mol. The number of anilines is 1. The van der Waals surface area contributed by atoms with Gasteiger partial charge in [-0.3, -0.25) is 4.79 Å². The lowest BCUT2D eigenvalue weighted by Crippen LogP contribution is -2.15. The Morgan fingerprint density at radius 1 is 0.882 bits per heavy atom. The van der Waals surface area contributed by atoms with Crippen molar-refractivity contribution in [3.8, 4) is 11.3 Å². The molecule has 3 aromatic carbocycles. The molecule has 4 aromatic rings. The van der Waals surface area contributed by atoms with Crippen molar-refractivity contribution in [1.29, 1.82) is 0 Å². The average molecular weight is 491 g/mol. The zero-order valence-electron chi connectivity index (χ0n) is 19.1. The Labute approximate surface area is 204 Å². The summed E-state index contributed by atoms with van der Waals surface area (Å²) in [4.78, 5) is 17.3. The Morgan fingerprint density at radius 3 is 2.15 bits per heavy atom. The first-order valence-corrected chi connectivity index (χ1v) is 13.5. The van der Waals surface area contributed by atoms with E-state index in [4.69, 9.17) is 0 Å². The maximum atomic E-state index is 12.5. The molecule has 174 valence electrons. The van der Waals surface area contributed by atoms with Gasteiger partial charge in [0.25, 0.3) is 0 Å². The van der Waals surface area contributed by atoms with Crippen LogP contribution < -0.4 is 5.32 Å². The number of benzene rings is 3. The van der Waals surface area contributed by atoms with Crippen molar-refractivity contribution < 1.29 is 13.2 Å². The molecule has 0 atom stereocenters. The summed E-state index contributed by atoms with van der Waals surface area (Å²) in [6.45, 7) is 3.30. The lowest BCUT2D eigenvalue weighted by Gasteiger charge is -2.08. The third-order valence-electron chi connectivity index (χ3n) is 5.49. The van der Waals surface area contributed by atoms with Crippen molar-refractivity contribution in [3.63, 3.8) is 0 Å². The second kappa shape index (κ2) is 10.3.